The van der Waals surface area contributed by atoms with Crippen molar-refractivity contribution in [2.24, 2.45) is 0 Å². The van der Waals surface area contributed by atoms with Crippen LogP contribution in [0.3, 0.4) is 0 Å². The van der Waals surface area contributed by atoms with Gasteiger partial charge in [-0.3, -0.25) is 0 Å². The number of hydrogen-bond acceptors (Lipinski definition) is 2. The summed E-state index contributed by atoms with van der Waals surface area (Å²) in [6, 6.07) is 0. The molecule has 0 radical (unpaired) electrons. The minimum Gasteiger partial charge on any atom is -0.194 e. The van der Waals surface area contributed by atoms with Gasteiger partial charge >= 0.3 is 0 Å². The fourth-order valence-corrected chi connectivity index (χ4v) is 8.96. The summed E-state index contributed by atoms with van der Waals surface area (Å²) in [5.74, 6) is 2.71. The Morgan fingerprint density at radius 3 is 1.05 bits per heavy atom. The van der Waals surface area contributed by atoms with Crippen molar-refractivity contribution in [2.75, 3.05) is 36.5 Å². The van der Waals surface area contributed by atoms with Gasteiger partial charge in [-0.05, 0) is 47.4 Å². The van der Waals surface area contributed by atoms with E-state index in [-0.39, 0.29) is 0 Å². The van der Waals surface area contributed by atoms with Gasteiger partial charge in [0.1, 0.15) is 0 Å². The van der Waals surface area contributed by atoms with Crippen molar-refractivity contribution in [3.05, 3.63) is 0 Å². The maximum Gasteiger partial charge on any atom is 0.00220 e. The van der Waals surface area contributed by atoms with Crippen molar-refractivity contribution >= 4 is 39.7 Å². The summed E-state index contributed by atoms with van der Waals surface area (Å²) >= 11 is 0. The molecule has 0 heterocycles. The van der Waals surface area contributed by atoms with E-state index >= 15 is 0 Å². The first-order valence-corrected chi connectivity index (χ1v) is 16.4. The molecule has 22 heavy (non-hydrogen) atoms. The van der Waals surface area contributed by atoms with Crippen LogP contribution in [0.5, 0.6) is 0 Å². The summed E-state index contributed by atoms with van der Waals surface area (Å²) < 4.78 is 0.936. The highest BCUT2D eigenvalue weighted by atomic mass is 33.2. The molecule has 4 heteroatoms. The molecule has 0 bridgehead atoms. The Morgan fingerprint density at radius 1 is 0.545 bits per heavy atom. The van der Waals surface area contributed by atoms with E-state index in [1.54, 1.807) is 0 Å². The quantitative estimate of drug-likeness (QED) is 0.296. The van der Waals surface area contributed by atoms with Gasteiger partial charge in [0, 0.05) is 11.5 Å². The third kappa shape index (κ3) is 8.48. The molecule has 0 atom stereocenters. The molecule has 0 spiro atoms. The van der Waals surface area contributed by atoms with E-state index in [1.165, 1.54) is 37.2 Å². The molecular weight excluding hydrogens is 344 g/mol. The highest BCUT2D eigenvalue weighted by Gasteiger charge is 2.28. The maximum absolute atomic E-state index is 2.48. The molecule has 0 unspecified atom stereocenters. The normalized spacial score (nSPS) is 15.9. The Hall–Kier alpha value is 1.40. The molecule has 0 N–H and O–H groups in total. The Morgan fingerprint density at radius 2 is 0.818 bits per heavy atom. The largest absolute Gasteiger partial charge is 0.194 e. The van der Waals surface area contributed by atoms with E-state index in [2.05, 4.69) is 88.2 Å². The maximum atomic E-state index is 2.48. The van der Waals surface area contributed by atoms with Crippen LogP contribution in [-0.2, 0) is 0 Å². The van der Waals surface area contributed by atoms with Crippen molar-refractivity contribution in [2.45, 2.75) is 76.7 Å². The lowest BCUT2D eigenvalue weighted by atomic mass is 10.2. The predicted molar refractivity (Wildman–Crippen MR) is 122 cm³/mol. The zero-order valence-electron chi connectivity index (χ0n) is 16.9. The average Bonchev–Trinajstić information content (AvgIpc) is 2.29. The molecule has 0 aliphatic carbocycles. The minimum atomic E-state index is -0.515. The van der Waals surface area contributed by atoms with Crippen LogP contribution < -0.4 is 0 Å². The van der Waals surface area contributed by atoms with Crippen molar-refractivity contribution in [3.63, 3.8) is 0 Å². The summed E-state index contributed by atoms with van der Waals surface area (Å²) in [4.78, 5) is 0. The van der Waals surface area contributed by atoms with Crippen molar-refractivity contribution in [1.29, 1.82) is 0 Å². The minimum absolute atomic E-state index is 0.468. The highest BCUT2D eigenvalue weighted by molar-refractivity contribution is 8.94. The van der Waals surface area contributed by atoms with Crippen molar-refractivity contribution in [3.8, 4) is 0 Å². The molecule has 0 amide bonds. The van der Waals surface area contributed by atoms with E-state index in [9.17, 15) is 0 Å². The highest BCUT2D eigenvalue weighted by Crippen LogP contribution is 2.64. The molecule has 0 saturated heterocycles. The van der Waals surface area contributed by atoms with Gasteiger partial charge in [0.2, 0.25) is 0 Å². The molecule has 0 saturated carbocycles. The molecule has 0 fully saturated rings. The van der Waals surface area contributed by atoms with Crippen LogP contribution in [0.1, 0.15) is 67.2 Å². The first-order chi connectivity index (χ1) is 9.71. The Balaban J connectivity index is 3.73. The van der Waals surface area contributed by atoms with Crippen LogP contribution in [0.25, 0.3) is 0 Å². The Bertz CT molecular complexity index is 276. The second-order valence-electron chi connectivity index (χ2n) is 8.75. The van der Waals surface area contributed by atoms with E-state index in [1.807, 2.05) is 0 Å². The monoisotopic (exact) mass is 386 g/mol. The summed E-state index contributed by atoms with van der Waals surface area (Å²) in [5.41, 5.74) is 0. The number of rotatable bonds is 9. The lowest BCUT2D eigenvalue weighted by Gasteiger charge is -2.43. The SMILES string of the molecule is CC(C)(C)S(C)(C)SCCCCCCSS(C)(C)C(C)(C)C. The molecule has 0 aliphatic heterocycles. The van der Waals surface area contributed by atoms with Gasteiger partial charge in [0.25, 0.3) is 0 Å². The van der Waals surface area contributed by atoms with Gasteiger partial charge in [-0.25, -0.2) is 0 Å². The lowest BCUT2D eigenvalue weighted by Crippen LogP contribution is -2.20. The molecule has 138 valence electrons. The summed E-state index contributed by atoms with van der Waals surface area (Å²) in [7, 11) is 3.45. The van der Waals surface area contributed by atoms with Gasteiger partial charge in [0.05, 0.1) is 0 Å². The molecule has 0 nitrogen and oxygen atoms in total. The van der Waals surface area contributed by atoms with E-state index < -0.39 is 18.1 Å². The molecule has 0 aliphatic rings. The number of unbranched alkanes of at least 4 members (excludes halogenated alkanes) is 3. The fourth-order valence-electron chi connectivity index (χ4n) is 1.45. The number of hydrogen-bond donors (Lipinski definition) is 0. The van der Waals surface area contributed by atoms with E-state index in [0.717, 1.165) is 0 Å². The predicted octanol–water partition coefficient (Wildman–Crippen LogP) is 7.57. The van der Waals surface area contributed by atoms with Crippen LogP contribution in [-0.4, -0.2) is 46.0 Å². The van der Waals surface area contributed by atoms with Gasteiger partial charge < -0.3 is 0 Å². The topological polar surface area (TPSA) is 0 Å². The van der Waals surface area contributed by atoms with Crippen LogP contribution in [0.15, 0.2) is 0 Å². The van der Waals surface area contributed by atoms with Crippen LogP contribution in [0.4, 0.5) is 0 Å². The van der Waals surface area contributed by atoms with Gasteiger partial charge in [0.15, 0.2) is 0 Å². The molecule has 0 aromatic rings. The molecular formula is C18H42S4. The third-order valence-corrected chi connectivity index (χ3v) is 20.3. The summed E-state index contributed by atoms with van der Waals surface area (Å²) in [5, 5.41) is 0. The molecule has 0 aromatic carbocycles. The fraction of sp³-hybridized carbons (Fsp3) is 1.00. The Labute approximate surface area is 152 Å². The smallest absolute Gasteiger partial charge is 0.00220 e. The van der Waals surface area contributed by atoms with Gasteiger partial charge in [-0.1, -0.05) is 54.4 Å². The molecule has 0 rings (SSSR count). The van der Waals surface area contributed by atoms with Crippen LogP contribution in [0, 0.1) is 0 Å². The van der Waals surface area contributed by atoms with Crippen molar-refractivity contribution < 1.29 is 0 Å². The first-order valence-electron chi connectivity index (χ1n) is 8.45. The summed E-state index contributed by atoms with van der Waals surface area (Å²) in [6.45, 7) is 14.4. The zero-order valence-corrected chi connectivity index (χ0v) is 20.1. The second kappa shape index (κ2) is 9.20. The van der Waals surface area contributed by atoms with Crippen LogP contribution >= 0.6 is 39.7 Å². The lowest BCUT2D eigenvalue weighted by molar-refractivity contribution is 0.712. The van der Waals surface area contributed by atoms with Crippen LogP contribution in [0.2, 0.25) is 0 Å². The van der Waals surface area contributed by atoms with Gasteiger partial charge in [-0.2, -0.15) is 18.1 Å². The van der Waals surface area contributed by atoms with E-state index in [0.29, 0.717) is 9.49 Å². The van der Waals surface area contributed by atoms with Gasteiger partial charge in [-0.15, -0.1) is 21.6 Å². The zero-order chi connectivity index (χ0) is 17.7. The molecule has 0 aromatic heterocycles. The van der Waals surface area contributed by atoms with Crippen molar-refractivity contribution in [1.82, 2.24) is 0 Å². The Kier molecular flexibility index (Phi) is 9.78. The third-order valence-electron chi connectivity index (χ3n) is 4.74. The standard InChI is InChI=1S/C18H42S4/c1-17(2,3)21(7,8)19-15-13-11-12-14-16-20-22(9,10)18(4,5)6/h11-16H2,1-10H3. The average molecular weight is 387 g/mol. The summed E-state index contributed by atoms with van der Waals surface area (Å²) in [6.07, 6.45) is 15.5. The first kappa shape index (κ1) is 23.4. The van der Waals surface area contributed by atoms with E-state index in [4.69, 9.17) is 0 Å². The second-order valence-corrected chi connectivity index (χ2v) is 23.8.